The van der Waals surface area contributed by atoms with Crippen molar-refractivity contribution < 1.29 is 23.5 Å². The van der Waals surface area contributed by atoms with Gasteiger partial charge < -0.3 is 14.4 Å². The second-order valence-corrected chi connectivity index (χ2v) is 11.2. The van der Waals surface area contributed by atoms with Gasteiger partial charge in [0.05, 0.1) is 0 Å². The lowest BCUT2D eigenvalue weighted by molar-refractivity contribution is -0.189. The summed E-state index contributed by atoms with van der Waals surface area (Å²) in [5.74, 6) is 0.314. The van der Waals surface area contributed by atoms with Crippen molar-refractivity contribution in [3.8, 4) is 0 Å². The first kappa shape index (κ1) is 18.5. The first-order valence-electron chi connectivity index (χ1n) is 7.30. The Morgan fingerprint density at radius 3 is 1.95 bits per heavy atom. The van der Waals surface area contributed by atoms with Gasteiger partial charge in [0, 0.05) is 0 Å². The third-order valence-electron chi connectivity index (χ3n) is 3.85. The molecule has 1 rings (SSSR count). The van der Waals surface area contributed by atoms with Gasteiger partial charge in [0.1, 0.15) is 0 Å². The summed E-state index contributed by atoms with van der Waals surface area (Å²) >= 11 is 0. The summed E-state index contributed by atoms with van der Waals surface area (Å²) in [6.45, 7) is 8.16. The van der Waals surface area contributed by atoms with E-state index in [2.05, 4.69) is 30.6 Å². The number of benzene rings is 1. The summed E-state index contributed by atoms with van der Waals surface area (Å²) in [5, 5.41) is 0. The predicted molar refractivity (Wildman–Crippen MR) is 85.6 cm³/mol. The zero-order valence-electron chi connectivity index (χ0n) is 13.1. The minimum atomic E-state index is -4.64. The van der Waals surface area contributed by atoms with Gasteiger partial charge in [0.15, 0.2) is 0 Å². The van der Waals surface area contributed by atoms with Gasteiger partial charge in [-0.25, -0.2) is 4.58 Å². The van der Waals surface area contributed by atoms with Crippen molar-refractivity contribution in [1.82, 2.24) is 0 Å². The molecule has 7 heteroatoms. The molecule has 0 saturated carbocycles. The molecule has 2 atom stereocenters. The lowest BCUT2D eigenvalue weighted by atomic mass is 9.91. The maximum absolute atomic E-state index is 8.97. The smallest absolute Gasteiger partial charge is 0.366 e. The largest absolute Gasteiger partial charge is 0.698 e. The molecule has 21 heavy (non-hydrogen) atoms. The SMILES string of the molecule is CCC(c1ccccc1)C(CC)[Si](C)(C)OO[Si](O)(O)O. The van der Waals surface area contributed by atoms with Crippen molar-refractivity contribution in [2.24, 2.45) is 0 Å². The molecule has 0 aliphatic rings. The van der Waals surface area contributed by atoms with Gasteiger partial charge >= 0.3 is 9.05 Å². The Bertz CT molecular complexity index is 419. The van der Waals surface area contributed by atoms with E-state index in [1.165, 1.54) is 5.56 Å². The Kier molecular flexibility index (Phi) is 6.73. The monoisotopic (exact) mass is 330 g/mol. The molecule has 0 aliphatic heterocycles. The van der Waals surface area contributed by atoms with Gasteiger partial charge in [-0.15, -0.1) is 0 Å². The highest BCUT2D eigenvalue weighted by atomic mass is 28.4. The molecule has 1 aromatic rings. The van der Waals surface area contributed by atoms with Crippen molar-refractivity contribution in [3.63, 3.8) is 0 Å². The van der Waals surface area contributed by atoms with Gasteiger partial charge in [-0.05, 0) is 36.5 Å². The molecule has 3 N–H and O–H groups in total. The molecule has 0 fully saturated rings. The van der Waals surface area contributed by atoms with Crippen LogP contribution in [0.3, 0.4) is 0 Å². The molecule has 0 amide bonds. The van der Waals surface area contributed by atoms with E-state index in [-0.39, 0.29) is 5.54 Å². The van der Waals surface area contributed by atoms with Crippen LogP contribution in [0.4, 0.5) is 0 Å². The fraction of sp³-hybridized carbons (Fsp3) is 0.571. The van der Waals surface area contributed by atoms with Crippen LogP contribution in [0.1, 0.15) is 38.2 Å². The third kappa shape index (κ3) is 5.63. The Morgan fingerprint density at radius 1 is 0.952 bits per heavy atom. The number of hydrogen-bond acceptors (Lipinski definition) is 5. The maximum atomic E-state index is 8.97. The van der Waals surface area contributed by atoms with Crippen molar-refractivity contribution in [1.29, 1.82) is 0 Å². The fourth-order valence-corrected chi connectivity index (χ4v) is 6.75. The van der Waals surface area contributed by atoms with Gasteiger partial charge in [-0.1, -0.05) is 50.6 Å². The first-order chi connectivity index (χ1) is 9.71. The molecule has 0 saturated heterocycles. The molecule has 0 heterocycles. The molecule has 2 unspecified atom stereocenters. The lowest BCUT2D eigenvalue weighted by Gasteiger charge is -2.36. The lowest BCUT2D eigenvalue weighted by Crippen LogP contribution is -2.46. The normalized spacial score (nSPS) is 15.8. The van der Waals surface area contributed by atoms with E-state index >= 15 is 0 Å². The average molecular weight is 331 g/mol. The van der Waals surface area contributed by atoms with Crippen LogP contribution < -0.4 is 0 Å². The summed E-state index contributed by atoms with van der Waals surface area (Å²) in [6.07, 6.45) is 1.86. The van der Waals surface area contributed by atoms with Crippen LogP contribution in [-0.4, -0.2) is 31.8 Å². The average Bonchev–Trinajstić information content (AvgIpc) is 2.42. The second kappa shape index (κ2) is 7.64. The molecule has 0 bridgehead atoms. The standard InChI is InChI=1S/C14H26O5Si2/c1-5-13(12-10-8-7-9-11-12)14(6-2)20(3,4)18-19-21(15,16)17/h7-11,13-17H,5-6H2,1-4H3. The Hall–Kier alpha value is -0.546. The van der Waals surface area contributed by atoms with Gasteiger partial charge in [0.2, 0.25) is 8.32 Å². The van der Waals surface area contributed by atoms with E-state index in [1.54, 1.807) is 0 Å². The highest BCUT2D eigenvalue weighted by Gasteiger charge is 2.43. The van der Waals surface area contributed by atoms with Crippen molar-refractivity contribution >= 4 is 17.4 Å². The molecule has 120 valence electrons. The highest BCUT2D eigenvalue weighted by Crippen LogP contribution is 2.42. The van der Waals surface area contributed by atoms with Gasteiger partial charge in [0.25, 0.3) is 0 Å². The van der Waals surface area contributed by atoms with E-state index in [4.69, 9.17) is 19.0 Å². The van der Waals surface area contributed by atoms with Gasteiger partial charge in [-0.3, -0.25) is 4.58 Å². The number of hydrogen-bond donors (Lipinski definition) is 3. The van der Waals surface area contributed by atoms with E-state index in [0.717, 1.165) is 12.8 Å². The summed E-state index contributed by atoms with van der Waals surface area (Å²) in [6, 6.07) is 10.2. The highest BCUT2D eigenvalue weighted by molar-refractivity contribution is 6.73. The molecule has 0 aromatic heterocycles. The fourth-order valence-electron chi connectivity index (χ4n) is 2.94. The minimum Gasteiger partial charge on any atom is -0.366 e. The molecule has 5 nitrogen and oxygen atoms in total. The first-order valence-corrected chi connectivity index (χ1v) is 12.0. The predicted octanol–water partition coefficient (Wildman–Crippen LogP) is 2.53. The zero-order chi connectivity index (χ0) is 16.1. The third-order valence-corrected chi connectivity index (χ3v) is 7.44. The van der Waals surface area contributed by atoms with E-state index in [9.17, 15) is 0 Å². The summed E-state index contributed by atoms with van der Waals surface area (Å²) in [4.78, 5) is 26.9. The van der Waals surface area contributed by atoms with Crippen molar-refractivity contribution in [2.75, 3.05) is 0 Å². The van der Waals surface area contributed by atoms with Crippen LogP contribution in [-0.2, 0) is 9.15 Å². The molecular formula is C14H26O5Si2. The molecule has 0 spiro atoms. The maximum Gasteiger partial charge on any atom is 0.698 e. The molecule has 1 aromatic carbocycles. The van der Waals surface area contributed by atoms with E-state index < -0.39 is 17.4 Å². The van der Waals surface area contributed by atoms with Crippen molar-refractivity contribution in [3.05, 3.63) is 35.9 Å². The van der Waals surface area contributed by atoms with Crippen LogP contribution in [0, 0.1) is 0 Å². The van der Waals surface area contributed by atoms with Crippen LogP contribution in [0.5, 0.6) is 0 Å². The molecule has 0 aliphatic carbocycles. The summed E-state index contributed by atoms with van der Waals surface area (Å²) < 4.78 is 9.78. The summed E-state index contributed by atoms with van der Waals surface area (Å²) in [5.41, 5.74) is 1.48. The zero-order valence-corrected chi connectivity index (χ0v) is 15.1. The Balaban J connectivity index is 2.93. The second-order valence-electron chi connectivity index (χ2n) is 5.78. The Labute approximate surface area is 128 Å². The van der Waals surface area contributed by atoms with E-state index in [1.807, 2.05) is 31.3 Å². The van der Waals surface area contributed by atoms with Crippen LogP contribution in [0.2, 0.25) is 18.6 Å². The van der Waals surface area contributed by atoms with Crippen LogP contribution >= 0.6 is 0 Å². The quantitative estimate of drug-likeness (QED) is 0.388. The molecule has 0 radical (unpaired) electrons. The topological polar surface area (TPSA) is 79.2 Å². The van der Waals surface area contributed by atoms with Gasteiger partial charge in [-0.2, -0.15) is 0 Å². The van der Waals surface area contributed by atoms with Crippen molar-refractivity contribution in [2.45, 2.75) is 51.2 Å². The summed E-state index contributed by atoms with van der Waals surface area (Å²) in [7, 11) is -7.01. The number of rotatable bonds is 8. The van der Waals surface area contributed by atoms with Crippen LogP contribution in [0.15, 0.2) is 30.3 Å². The van der Waals surface area contributed by atoms with E-state index in [0.29, 0.717) is 5.92 Å². The molecular weight excluding hydrogens is 304 g/mol. The minimum absolute atomic E-state index is 0.237. The Morgan fingerprint density at radius 2 is 1.52 bits per heavy atom. The van der Waals surface area contributed by atoms with Crippen LogP contribution in [0.25, 0.3) is 0 Å².